The van der Waals surface area contributed by atoms with E-state index in [4.69, 9.17) is 0 Å². The van der Waals surface area contributed by atoms with Crippen LogP contribution in [-0.4, -0.2) is 32.5 Å². The van der Waals surface area contributed by atoms with E-state index in [1.807, 2.05) is 36.6 Å². The molecule has 0 bridgehead atoms. The van der Waals surface area contributed by atoms with Crippen LogP contribution in [0.2, 0.25) is 0 Å². The molecule has 0 spiro atoms. The van der Waals surface area contributed by atoms with Gasteiger partial charge in [-0.3, -0.25) is 9.36 Å². The van der Waals surface area contributed by atoms with E-state index in [0.29, 0.717) is 12.5 Å². The van der Waals surface area contributed by atoms with Crippen molar-refractivity contribution in [3.63, 3.8) is 0 Å². The molecule has 1 heterocycles. The Morgan fingerprint density at radius 2 is 1.91 bits per heavy atom. The molecule has 0 aliphatic heterocycles. The van der Waals surface area contributed by atoms with Crippen molar-refractivity contribution in [2.75, 3.05) is 6.54 Å². The third-order valence-electron chi connectivity index (χ3n) is 3.49. The summed E-state index contributed by atoms with van der Waals surface area (Å²) in [6, 6.07) is 8.10. The molecular formula is C17H24N4OS. The number of aromatic nitrogens is 3. The van der Waals surface area contributed by atoms with Crippen molar-refractivity contribution < 1.29 is 4.79 Å². The lowest BCUT2D eigenvalue weighted by molar-refractivity contribution is -0.120. The maximum atomic E-state index is 12.2. The second-order valence-corrected chi connectivity index (χ2v) is 7.36. The Kier molecular flexibility index (Phi) is 5.82. The lowest BCUT2D eigenvalue weighted by Gasteiger charge is -2.15. The fraction of sp³-hybridized carbons (Fsp3) is 0.471. The molecule has 5 nitrogen and oxygen atoms in total. The number of benzene rings is 1. The average Bonchev–Trinajstić information content (AvgIpc) is 2.86. The van der Waals surface area contributed by atoms with Gasteiger partial charge >= 0.3 is 0 Å². The predicted molar refractivity (Wildman–Crippen MR) is 94.0 cm³/mol. The summed E-state index contributed by atoms with van der Waals surface area (Å²) in [4.78, 5) is 12.2. The van der Waals surface area contributed by atoms with Crippen molar-refractivity contribution in [2.45, 2.75) is 45.0 Å². The van der Waals surface area contributed by atoms with Gasteiger partial charge in [0, 0.05) is 6.54 Å². The SMILES string of the molecule is Cc1ccccc1-n1c(C)nnc1SC(C)C(=O)NCC(C)C. The first-order valence-corrected chi connectivity index (χ1v) is 8.70. The molecule has 1 amide bonds. The van der Waals surface area contributed by atoms with Gasteiger partial charge in [-0.05, 0) is 38.3 Å². The molecule has 2 aromatic rings. The first kappa shape index (κ1) is 17.5. The fourth-order valence-electron chi connectivity index (χ4n) is 2.17. The number of hydrogen-bond acceptors (Lipinski definition) is 4. The number of carbonyl (C=O) groups excluding carboxylic acids is 1. The summed E-state index contributed by atoms with van der Waals surface area (Å²) >= 11 is 1.43. The van der Waals surface area contributed by atoms with E-state index < -0.39 is 0 Å². The van der Waals surface area contributed by atoms with Gasteiger partial charge in [-0.1, -0.05) is 43.8 Å². The zero-order valence-corrected chi connectivity index (χ0v) is 15.1. The molecular weight excluding hydrogens is 308 g/mol. The van der Waals surface area contributed by atoms with Crippen molar-refractivity contribution in [2.24, 2.45) is 5.92 Å². The standard InChI is InChI=1S/C17H24N4OS/c1-11(2)10-18-16(22)13(4)23-17-20-19-14(5)21(17)15-9-7-6-8-12(15)3/h6-9,11,13H,10H2,1-5H3,(H,18,22). The van der Waals surface area contributed by atoms with Crippen molar-refractivity contribution in [1.82, 2.24) is 20.1 Å². The van der Waals surface area contributed by atoms with Crippen LogP contribution >= 0.6 is 11.8 Å². The number of rotatable bonds is 6. The van der Waals surface area contributed by atoms with Gasteiger partial charge in [0.2, 0.25) is 5.91 Å². The number of hydrogen-bond donors (Lipinski definition) is 1. The maximum absolute atomic E-state index is 12.2. The largest absolute Gasteiger partial charge is 0.355 e. The molecule has 1 aromatic carbocycles. The minimum Gasteiger partial charge on any atom is -0.355 e. The molecule has 0 aliphatic carbocycles. The summed E-state index contributed by atoms with van der Waals surface area (Å²) < 4.78 is 2.01. The number of nitrogens with one attached hydrogen (secondary N) is 1. The van der Waals surface area contributed by atoms with Gasteiger partial charge in [0.1, 0.15) is 5.82 Å². The summed E-state index contributed by atoms with van der Waals surface area (Å²) in [6.45, 7) is 10.7. The van der Waals surface area contributed by atoms with Crippen LogP contribution in [0, 0.1) is 19.8 Å². The first-order valence-electron chi connectivity index (χ1n) is 7.82. The first-order chi connectivity index (χ1) is 10.9. The Labute approximate surface area is 141 Å². The summed E-state index contributed by atoms with van der Waals surface area (Å²) in [5.41, 5.74) is 2.20. The molecule has 0 aliphatic rings. The van der Waals surface area contributed by atoms with Crippen LogP contribution in [0.15, 0.2) is 29.4 Å². The van der Waals surface area contributed by atoms with Crippen molar-refractivity contribution >= 4 is 17.7 Å². The zero-order valence-electron chi connectivity index (χ0n) is 14.3. The van der Waals surface area contributed by atoms with Crippen molar-refractivity contribution in [3.05, 3.63) is 35.7 Å². The average molecular weight is 332 g/mol. The second kappa shape index (κ2) is 7.64. The van der Waals surface area contributed by atoms with Gasteiger partial charge in [0.05, 0.1) is 10.9 Å². The number of carbonyl (C=O) groups is 1. The van der Waals surface area contributed by atoms with E-state index in [9.17, 15) is 4.79 Å². The summed E-state index contributed by atoms with van der Waals surface area (Å²) in [7, 11) is 0. The normalized spacial score (nSPS) is 12.4. The van der Waals surface area contributed by atoms with Crippen LogP contribution in [0.25, 0.3) is 5.69 Å². The number of nitrogens with zero attached hydrogens (tertiary/aromatic N) is 3. The van der Waals surface area contributed by atoms with Gasteiger partial charge in [0.15, 0.2) is 5.16 Å². The van der Waals surface area contributed by atoms with E-state index >= 15 is 0 Å². The minimum atomic E-state index is -0.222. The number of para-hydroxylation sites is 1. The summed E-state index contributed by atoms with van der Waals surface area (Å²) in [6.07, 6.45) is 0. The summed E-state index contributed by atoms with van der Waals surface area (Å²) in [5, 5.41) is 11.9. The highest BCUT2D eigenvalue weighted by molar-refractivity contribution is 8.00. The molecule has 1 unspecified atom stereocenters. The quantitative estimate of drug-likeness (QED) is 0.826. The van der Waals surface area contributed by atoms with E-state index in [2.05, 4.69) is 42.4 Å². The highest BCUT2D eigenvalue weighted by Crippen LogP contribution is 2.26. The molecule has 2 rings (SSSR count). The Morgan fingerprint density at radius 3 is 2.57 bits per heavy atom. The van der Waals surface area contributed by atoms with Crippen LogP contribution < -0.4 is 5.32 Å². The third-order valence-corrected chi connectivity index (χ3v) is 4.53. The van der Waals surface area contributed by atoms with Gasteiger partial charge in [-0.2, -0.15) is 0 Å². The Bertz CT molecular complexity index is 681. The van der Waals surface area contributed by atoms with Crippen LogP contribution in [0.4, 0.5) is 0 Å². The van der Waals surface area contributed by atoms with Gasteiger partial charge in [-0.25, -0.2) is 0 Å². The van der Waals surface area contributed by atoms with E-state index in [-0.39, 0.29) is 11.2 Å². The highest BCUT2D eigenvalue weighted by atomic mass is 32.2. The third kappa shape index (κ3) is 4.34. The number of amides is 1. The molecule has 1 atom stereocenters. The summed E-state index contributed by atoms with van der Waals surface area (Å²) in [5.74, 6) is 1.28. The maximum Gasteiger partial charge on any atom is 0.233 e. The number of thioether (sulfide) groups is 1. The molecule has 1 N–H and O–H groups in total. The molecule has 1 aromatic heterocycles. The second-order valence-electron chi connectivity index (χ2n) is 6.05. The predicted octanol–water partition coefficient (Wildman–Crippen LogP) is 3.14. The van der Waals surface area contributed by atoms with Gasteiger partial charge in [0.25, 0.3) is 0 Å². The molecule has 124 valence electrons. The molecule has 0 saturated carbocycles. The molecule has 0 radical (unpaired) electrons. The Morgan fingerprint density at radius 1 is 1.22 bits per heavy atom. The minimum absolute atomic E-state index is 0.0284. The fourth-order valence-corrected chi connectivity index (χ4v) is 3.10. The van der Waals surface area contributed by atoms with E-state index in [1.54, 1.807) is 0 Å². The van der Waals surface area contributed by atoms with Gasteiger partial charge < -0.3 is 5.32 Å². The monoisotopic (exact) mass is 332 g/mol. The van der Waals surface area contributed by atoms with E-state index in [1.165, 1.54) is 11.8 Å². The van der Waals surface area contributed by atoms with Gasteiger partial charge in [-0.15, -0.1) is 10.2 Å². The van der Waals surface area contributed by atoms with Crippen molar-refractivity contribution in [3.8, 4) is 5.69 Å². The molecule has 0 saturated heterocycles. The topological polar surface area (TPSA) is 59.8 Å². The lowest BCUT2D eigenvalue weighted by atomic mass is 10.2. The smallest absolute Gasteiger partial charge is 0.233 e. The van der Waals surface area contributed by atoms with Crippen molar-refractivity contribution in [1.29, 1.82) is 0 Å². The Hall–Kier alpha value is -1.82. The zero-order chi connectivity index (χ0) is 17.0. The van der Waals surface area contributed by atoms with Crippen LogP contribution in [0.1, 0.15) is 32.2 Å². The van der Waals surface area contributed by atoms with Crippen LogP contribution in [0.5, 0.6) is 0 Å². The Balaban J connectivity index is 2.19. The van der Waals surface area contributed by atoms with Crippen LogP contribution in [0.3, 0.4) is 0 Å². The van der Waals surface area contributed by atoms with E-state index in [0.717, 1.165) is 22.2 Å². The lowest BCUT2D eigenvalue weighted by Crippen LogP contribution is -2.33. The molecule has 23 heavy (non-hydrogen) atoms. The molecule has 0 fully saturated rings. The highest BCUT2D eigenvalue weighted by Gasteiger charge is 2.20. The number of aryl methyl sites for hydroxylation is 2. The van der Waals surface area contributed by atoms with Crippen LogP contribution in [-0.2, 0) is 4.79 Å². The molecule has 6 heteroatoms.